The van der Waals surface area contributed by atoms with Gasteiger partial charge in [-0.3, -0.25) is 9.78 Å². The summed E-state index contributed by atoms with van der Waals surface area (Å²) in [7, 11) is 0. The van der Waals surface area contributed by atoms with Gasteiger partial charge in [-0.25, -0.2) is 4.98 Å². The third-order valence-electron chi connectivity index (χ3n) is 5.19. The molecule has 0 aliphatic carbocycles. The number of primary amides is 1. The summed E-state index contributed by atoms with van der Waals surface area (Å²) in [5.41, 5.74) is 9.52. The molecule has 1 fully saturated rings. The fourth-order valence-corrected chi connectivity index (χ4v) is 3.52. The molecular weight excluding hydrogens is 394 g/mol. The third kappa shape index (κ3) is 5.19. The molecule has 1 atom stereocenters. The van der Waals surface area contributed by atoms with Crippen molar-refractivity contribution in [2.45, 2.75) is 32.5 Å². The van der Waals surface area contributed by atoms with E-state index in [2.05, 4.69) is 16.9 Å². The molecule has 2 N–H and O–H groups in total. The second-order valence-electron chi connectivity index (χ2n) is 7.47. The van der Waals surface area contributed by atoms with Gasteiger partial charge in [-0.2, -0.15) is 0 Å². The summed E-state index contributed by atoms with van der Waals surface area (Å²) in [6.07, 6.45) is 5.72. The topological polar surface area (TPSA) is 96.6 Å². The fourth-order valence-electron chi connectivity index (χ4n) is 3.52. The zero-order valence-corrected chi connectivity index (χ0v) is 17.4. The molecule has 2 aromatic heterocycles. The molecule has 7 heteroatoms. The number of nitrogens with two attached hydrogens (primary N) is 1. The van der Waals surface area contributed by atoms with E-state index in [1.165, 1.54) is 0 Å². The Morgan fingerprint density at radius 1 is 1.19 bits per heavy atom. The smallest absolute Gasteiger partial charge is 0.254 e. The number of aromatic nitrogens is 2. The third-order valence-corrected chi connectivity index (χ3v) is 5.19. The maximum Gasteiger partial charge on any atom is 0.254 e. The van der Waals surface area contributed by atoms with Crippen LogP contribution in [0, 0.1) is 6.92 Å². The second-order valence-corrected chi connectivity index (χ2v) is 7.47. The Morgan fingerprint density at radius 3 is 2.81 bits per heavy atom. The molecule has 0 bridgehead atoms. The van der Waals surface area contributed by atoms with Gasteiger partial charge in [-0.1, -0.05) is 12.1 Å². The molecule has 1 aliphatic heterocycles. The van der Waals surface area contributed by atoms with E-state index < -0.39 is 5.91 Å². The first-order valence-corrected chi connectivity index (χ1v) is 10.3. The molecule has 0 spiro atoms. The first-order valence-electron chi connectivity index (χ1n) is 10.3. The van der Waals surface area contributed by atoms with Crippen molar-refractivity contribution in [3.8, 4) is 22.8 Å². The molecule has 0 unspecified atom stereocenters. The molecule has 1 amide bonds. The summed E-state index contributed by atoms with van der Waals surface area (Å²) in [6, 6.07) is 13.2. The molecule has 3 aromatic rings. The Labute approximate surface area is 181 Å². The lowest BCUT2D eigenvalue weighted by molar-refractivity contribution is 0.0679. The van der Waals surface area contributed by atoms with Crippen LogP contribution in [0.15, 0.2) is 54.9 Å². The van der Waals surface area contributed by atoms with E-state index in [1.54, 1.807) is 24.5 Å². The lowest BCUT2D eigenvalue weighted by Crippen LogP contribution is -2.16. The van der Waals surface area contributed by atoms with Crippen LogP contribution in [0.25, 0.3) is 11.1 Å². The van der Waals surface area contributed by atoms with Crippen LogP contribution >= 0.6 is 0 Å². The number of carbonyl (C=O) groups excluding carboxylic acids is 1. The molecule has 31 heavy (non-hydrogen) atoms. The summed E-state index contributed by atoms with van der Waals surface area (Å²) < 4.78 is 17.1. The van der Waals surface area contributed by atoms with Gasteiger partial charge in [-0.15, -0.1) is 0 Å². The van der Waals surface area contributed by atoms with Crippen molar-refractivity contribution < 1.29 is 19.0 Å². The first kappa shape index (κ1) is 20.8. The van der Waals surface area contributed by atoms with E-state index >= 15 is 0 Å². The Morgan fingerprint density at radius 2 is 2.10 bits per heavy atom. The molecule has 4 rings (SSSR count). The molecule has 160 valence electrons. The van der Waals surface area contributed by atoms with Crippen molar-refractivity contribution in [2.75, 3.05) is 13.2 Å². The Balaban J connectivity index is 1.39. The monoisotopic (exact) mass is 419 g/mol. The van der Waals surface area contributed by atoms with Crippen LogP contribution in [0.4, 0.5) is 0 Å². The van der Waals surface area contributed by atoms with Gasteiger partial charge in [-0.05, 0) is 61.2 Å². The maximum absolute atomic E-state index is 11.5. The average molecular weight is 419 g/mol. The highest BCUT2D eigenvalue weighted by Gasteiger charge is 2.16. The largest absolute Gasteiger partial charge is 0.491 e. The van der Waals surface area contributed by atoms with E-state index in [-0.39, 0.29) is 24.2 Å². The Bertz CT molecular complexity index is 1050. The molecule has 1 aromatic carbocycles. The van der Waals surface area contributed by atoms with Gasteiger partial charge in [0.1, 0.15) is 24.5 Å². The summed E-state index contributed by atoms with van der Waals surface area (Å²) in [5.74, 6) is 0.468. The predicted octanol–water partition coefficient (Wildman–Crippen LogP) is 3.69. The van der Waals surface area contributed by atoms with Crippen molar-refractivity contribution in [1.82, 2.24) is 9.97 Å². The van der Waals surface area contributed by atoms with Crippen LogP contribution < -0.4 is 15.2 Å². The number of nitrogens with zero attached hydrogens (tertiary/aromatic N) is 2. The van der Waals surface area contributed by atoms with Crippen molar-refractivity contribution in [1.29, 1.82) is 0 Å². The quantitative estimate of drug-likeness (QED) is 0.598. The van der Waals surface area contributed by atoms with E-state index in [9.17, 15) is 4.79 Å². The zero-order chi connectivity index (χ0) is 21.6. The van der Waals surface area contributed by atoms with Crippen LogP contribution in [0.5, 0.6) is 11.6 Å². The predicted molar refractivity (Wildman–Crippen MR) is 116 cm³/mol. The van der Waals surface area contributed by atoms with Crippen LogP contribution in [-0.2, 0) is 11.3 Å². The average Bonchev–Trinajstić information content (AvgIpc) is 3.31. The molecule has 0 saturated carbocycles. The van der Waals surface area contributed by atoms with E-state index in [0.29, 0.717) is 6.61 Å². The maximum atomic E-state index is 11.5. The number of hydrogen-bond donors (Lipinski definition) is 1. The van der Waals surface area contributed by atoms with Crippen LogP contribution in [0.2, 0.25) is 0 Å². The highest BCUT2D eigenvalue weighted by atomic mass is 16.5. The zero-order valence-electron chi connectivity index (χ0n) is 17.4. The molecule has 7 nitrogen and oxygen atoms in total. The van der Waals surface area contributed by atoms with Gasteiger partial charge in [0, 0.05) is 24.6 Å². The number of pyridine rings is 2. The van der Waals surface area contributed by atoms with Crippen LogP contribution in [0.3, 0.4) is 0 Å². The summed E-state index contributed by atoms with van der Waals surface area (Å²) in [4.78, 5) is 20.0. The van der Waals surface area contributed by atoms with E-state index in [1.807, 2.05) is 30.3 Å². The molecule has 0 radical (unpaired) electrons. The Kier molecular flexibility index (Phi) is 6.43. The molecule has 1 aliphatic rings. The molecule has 1 saturated heterocycles. The van der Waals surface area contributed by atoms with Crippen molar-refractivity contribution in [3.05, 3.63) is 71.7 Å². The van der Waals surface area contributed by atoms with Gasteiger partial charge in [0.05, 0.1) is 11.8 Å². The fraction of sp³-hybridized carbons (Fsp3) is 0.292. The van der Waals surface area contributed by atoms with E-state index in [4.69, 9.17) is 19.9 Å². The summed E-state index contributed by atoms with van der Waals surface area (Å²) in [6.45, 7) is 3.65. The van der Waals surface area contributed by atoms with Gasteiger partial charge in [0.25, 0.3) is 5.91 Å². The van der Waals surface area contributed by atoms with Gasteiger partial charge in [0.2, 0.25) is 5.88 Å². The number of rotatable bonds is 8. The number of carbonyl (C=O) groups is 1. The highest BCUT2D eigenvalue weighted by molar-refractivity contribution is 5.94. The number of amides is 1. The highest BCUT2D eigenvalue weighted by Crippen LogP contribution is 2.27. The Hall–Kier alpha value is -3.45. The second kappa shape index (κ2) is 9.57. The summed E-state index contributed by atoms with van der Waals surface area (Å²) in [5, 5.41) is 0. The number of benzene rings is 1. The van der Waals surface area contributed by atoms with Crippen LogP contribution in [-0.4, -0.2) is 35.2 Å². The lowest BCUT2D eigenvalue weighted by atomic mass is 10.0. The standard InChI is InChI=1S/C24H25N3O4/c1-16-12-19(30-15-20-4-3-11-29-20)8-9-21(16)17-6-7-18(27-13-17)14-31-24-22(23(25)28)5-2-10-26-24/h2,5-10,12-13,20H,3-4,11,14-15H2,1H3,(H2,25,28)/t20-/m1/s1. The minimum Gasteiger partial charge on any atom is -0.491 e. The summed E-state index contributed by atoms with van der Waals surface area (Å²) >= 11 is 0. The van der Waals surface area contributed by atoms with Crippen LogP contribution in [0.1, 0.15) is 34.5 Å². The van der Waals surface area contributed by atoms with Gasteiger partial charge in [0.15, 0.2) is 0 Å². The number of ether oxygens (including phenoxy) is 3. The number of aryl methyl sites for hydroxylation is 1. The van der Waals surface area contributed by atoms with Gasteiger partial charge < -0.3 is 19.9 Å². The van der Waals surface area contributed by atoms with Gasteiger partial charge >= 0.3 is 0 Å². The lowest BCUT2D eigenvalue weighted by Gasteiger charge is -2.13. The van der Waals surface area contributed by atoms with E-state index in [0.717, 1.165) is 47.6 Å². The minimum atomic E-state index is -0.579. The number of hydrogen-bond acceptors (Lipinski definition) is 6. The normalized spacial score (nSPS) is 15.6. The minimum absolute atomic E-state index is 0.187. The van der Waals surface area contributed by atoms with Crippen molar-refractivity contribution >= 4 is 5.91 Å². The SMILES string of the molecule is Cc1cc(OC[C@H]2CCCO2)ccc1-c1ccc(COc2ncccc2C(N)=O)nc1. The molecular formula is C24H25N3O4. The van der Waals surface area contributed by atoms with Crippen molar-refractivity contribution in [2.24, 2.45) is 5.73 Å². The van der Waals surface area contributed by atoms with Crippen molar-refractivity contribution in [3.63, 3.8) is 0 Å². The molecule has 3 heterocycles. The first-order chi connectivity index (χ1) is 15.1.